The number of nitrogens with one attached hydrogen (secondary N) is 1. The van der Waals surface area contributed by atoms with E-state index >= 15 is 0 Å². The smallest absolute Gasteiger partial charge is 0.241 e. The average molecular weight is 332 g/mol. The summed E-state index contributed by atoms with van der Waals surface area (Å²) in [7, 11) is 0. The summed E-state index contributed by atoms with van der Waals surface area (Å²) >= 11 is 0. The van der Waals surface area contributed by atoms with Crippen molar-refractivity contribution >= 4 is 17.5 Å². The number of carbonyl (C=O) groups is 2. The molecule has 132 valence electrons. The monoisotopic (exact) mass is 332 g/mol. The number of carbonyl (C=O) groups excluding carboxylic acids is 2. The lowest BCUT2D eigenvalue weighted by Gasteiger charge is -2.31. The summed E-state index contributed by atoms with van der Waals surface area (Å²) in [5.41, 5.74) is 13.1. The van der Waals surface area contributed by atoms with Crippen LogP contribution in [-0.2, 0) is 16.1 Å². The zero-order valence-corrected chi connectivity index (χ0v) is 14.3. The molecular formula is C18H28N4O2. The number of amides is 2. The van der Waals surface area contributed by atoms with Gasteiger partial charge in [0.25, 0.3) is 0 Å². The minimum Gasteiger partial charge on any atom is -0.369 e. The molecule has 1 aromatic rings. The molecule has 0 bridgehead atoms. The number of nitrogens with zero attached hydrogens (tertiary/aromatic N) is 1. The van der Waals surface area contributed by atoms with Crippen molar-refractivity contribution in [3.05, 3.63) is 29.8 Å². The summed E-state index contributed by atoms with van der Waals surface area (Å²) in [5, 5.41) is 2.84. The molecule has 1 saturated heterocycles. The van der Waals surface area contributed by atoms with Crippen molar-refractivity contribution in [2.24, 2.45) is 17.4 Å². The second kappa shape index (κ2) is 8.80. The third-order valence-corrected chi connectivity index (χ3v) is 4.47. The van der Waals surface area contributed by atoms with Crippen LogP contribution in [0.25, 0.3) is 0 Å². The van der Waals surface area contributed by atoms with Gasteiger partial charge in [-0.05, 0) is 43.5 Å². The Labute approximate surface area is 143 Å². The van der Waals surface area contributed by atoms with Gasteiger partial charge in [-0.15, -0.1) is 0 Å². The van der Waals surface area contributed by atoms with Crippen molar-refractivity contribution in [1.82, 2.24) is 4.90 Å². The topological polar surface area (TPSA) is 101 Å². The van der Waals surface area contributed by atoms with Crippen LogP contribution in [0.1, 0.15) is 38.2 Å². The molecule has 6 nitrogen and oxygen atoms in total. The molecule has 1 heterocycles. The molecule has 2 rings (SSSR count). The van der Waals surface area contributed by atoms with Gasteiger partial charge in [-0.2, -0.15) is 0 Å². The highest BCUT2D eigenvalue weighted by atomic mass is 16.2. The Balaban J connectivity index is 1.88. The maximum Gasteiger partial charge on any atom is 0.241 e. The van der Waals surface area contributed by atoms with Gasteiger partial charge in [0.15, 0.2) is 0 Å². The second-order valence-corrected chi connectivity index (χ2v) is 6.56. The minimum absolute atomic E-state index is 0.0441. The van der Waals surface area contributed by atoms with E-state index in [0.717, 1.165) is 50.1 Å². The number of piperidine rings is 1. The molecule has 1 aliphatic heterocycles. The first kappa shape index (κ1) is 18.4. The van der Waals surface area contributed by atoms with E-state index in [9.17, 15) is 9.59 Å². The fourth-order valence-electron chi connectivity index (χ4n) is 3.06. The lowest BCUT2D eigenvalue weighted by molar-refractivity contribution is -0.123. The van der Waals surface area contributed by atoms with Crippen LogP contribution < -0.4 is 16.8 Å². The van der Waals surface area contributed by atoms with Crippen molar-refractivity contribution in [2.45, 2.75) is 45.2 Å². The summed E-state index contributed by atoms with van der Waals surface area (Å²) < 4.78 is 0. The molecule has 0 spiro atoms. The highest BCUT2D eigenvalue weighted by Crippen LogP contribution is 2.19. The Morgan fingerprint density at radius 2 is 2.04 bits per heavy atom. The van der Waals surface area contributed by atoms with E-state index in [1.807, 2.05) is 31.2 Å². The number of likely N-dealkylation sites (tertiary alicyclic amines) is 1. The first-order chi connectivity index (χ1) is 11.5. The first-order valence-corrected chi connectivity index (χ1v) is 8.66. The van der Waals surface area contributed by atoms with Gasteiger partial charge in [-0.25, -0.2) is 0 Å². The van der Waals surface area contributed by atoms with Gasteiger partial charge in [-0.1, -0.05) is 25.5 Å². The normalized spacial score (nSPS) is 19.7. The molecule has 2 amide bonds. The molecule has 0 aromatic heterocycles. The van der Waals surface area contributed by atoms with E-state index in [-0.39, 0.29) is 17.7 Å². The molecule has 0 saturated carbocycles. The summed E-state index contributed by atoms with van der Waals surface area (Å²) in [6, 6.07) is 7.31. The molecule has 1 fully saturated rings. The van der Waals surface area contributed by atoms with Crippen LogP contribution in [0.2, 0.25) is 0 Å². The predicted octanol–water partition coefficient (Wildman–Crippen LogP) is 1.45. The van der Waals surface area contributed by atoms with Gasteiger partial charge >= 0.3 is 0 Å². The number of nitrogens with two attached hydrogens (primary N) is 2. The molecule has 6 heteroatoms. The highest BCUT2D eigenvalue weighted by molar-refractivity contribution is 5.94. The standard InChI is InChI=1S/C18H28N4O2/c1-2-4-16(19)18(24)21-15-8-6-13(7-9-15)11-22-10-3-5-14(12-22)17(20)23/h6-9,14,16H,2-5,10-12,19H2,1H3,(H2,20,23)(H,21,24). The van der Waals surface area contributed by atoms with Crippen LogP contribution >= 0.6 is 0 Å². The summed E-state index contributed by atoms with van der Waals surface area (Å²) in [4.78, 5) is 25.5. The van der Waals surface area contributed by atoms with Crippen molar-refractivity contribution in [2.75, 3.05) is 18.4 Å². The van der Waals surface area contributed by atoms with E-state index in [2.05, 4.69) is 10.2 Å². The molecule has 0 radical (unpaired) electrons. The minimum atomic E-state index is -0.464. The molecule has 0 aliphatic carbocycles. The molecule has 5 N–H and O–H groups in total. The zero-order chi connectivity index (χ0) is 17.5. The van der Waals surface area contributed by atoms with Gasteiger partial charge in [-0.3, -0.25) is 14.5 Å². The Bertz CT molecular complexity index is 559. The van der Waals surface area contributed by atoms with E-state index < -0.39 is 6.04 Å². The first-order valence-electron chi connectivity index (χ1n) is 8.66. The van der Waals surface area contributed by atoms with E-state index in [4.69, 9.17) is 11.5 Å². The summed E-state index contributed by atoms with van der Waals surface area (Å²) in [5.74, 6) is -0.400. The fourth-order valence-corrected chi connectivity index (χ4v) is 3.06. The number of hydrogen-bond acceptors (Lipinski definition) is 4. The lowest BCUT2D eigenvalue weighted by atomic mass is 9.97. The number of primary amides is 1. The fraction of sp³-hybridized carbons (Fsp3) is 0.556. The van der Waals surface area contributed by atoms with Crippen LogP contribution in [0.5, 0.6) is 0 Å². The number of anilines is 1. The Hall–Kier alpha value is -1.92. The Kier molecular flexibility index (Phi) is 6.75. The zero-order valence-electron chi connectivity index (χ0n) is 14.3. The van der Waals surface area contributed by atoms with Crippen molar-refractivity contribution in [3.63, 3.8) is 0 Å². The quantitative estimate of drug-likeness (QED) is 0.703. The third kappa shape index (κ3) is 5.32. The van der Waals surface area contributed by atoms with Gasteiger partial charge in [0, 0.05) is 18.8 Å². The van der Waals surface area contributed by atoms with E-state index in [0.29, 0.717) is 6.42 Å². The second-order valence-electron chi connectivity index (χ2n) is 6.56. The Morgan fingerprint density at radius 3 is 2.67 bits per heavy atom. The van der Waals surface area contributed by atoms with Crippen LogP contribution in [0.3, 0.4) is 0 Å². The van der Waals surface area contributed by atoms with E-state index in [1.165, 1.54) is 0 Å². The van der Waals surface area contributed by atoms with Gasteiger partial charge in [0.1, 0.15) is 0 Å². The number of rotatable bonds is 7. The van der Waals surface area contributed by atoms with Crippen LogP contribution in [0.4, 0.5) is 5.69 Å². The summed E-state index contributed by atoms with van der Waals surface area (Å²) in [6.45, 7) is 4.49. The van der Waals surface area contributed by atoms with Crippen molar-refractivity contribution in [1.29, 1.82) is 0 Å². The molecule has 1 aromatic carbocycles. The van der Waals surface area contributed by atoms with Crippen molar-refractivity contribution in [3.8, 4) is 0 Å². The summed E-state index contributed by atoms with van der Waals surface area (Å²) in [6.07, 6.45) is 3.45. The largest absolute Gasteiger partial charge is 0.369 e. The average Bonchev–Trinajstić information content (AvgIpc) is 2.57. The van der Waals surface area contributed by atoms with Gasteiger partial charge in [0.2, 0.25) is 11.8 Å². The van der Waals surface area contributed by atoms with E-state index in [1.54, 1.807) is 0 Å². The SMILES string of the molecule is CCCC(N)C(=O)Nc1ccc(CN2CCCC(C(N)=O)C2)cc1. The third-order valence-electron chi connectivity index (χ3n) is 4.47. The molecular weight excluding hydrogens is 304 g/mol. The van der Waals surface area contributed by atoms with Crippen molar-refractivity contribution < 1.29 is 9.59 Å². The molecule has 24 heavy (non-hydrogen) atoms. The Morgan fingerprint density at radius 1 is 1.33 bits per heavy atom. The van der Waals surface area contributed by atoms with Crippen LogP contribution in [-0.4, -0.2) is 35.8 Å². The maximum atomic E-state index is 11.9. The van der Waals surface area contributed by atoms with Crippen LogP contribution in [0.15, 0.2) is 24.3 Å². The van der Waals surface area contributed by atoms with Gasteiger partial charge < -0.3 is 16.8 Å². The molecule has 2 unspecified atom stereocenters. The highest BCUT2D eigenvalue weighted by Gasteiger charge is 2.23. The number of hydrogen-bond donors (Lipinski definition) is 3. The molecule has 2 atom stereocenters. The van der Waals surface area contributed by atoms with Gasteiger partial charge in [0.05, 0.1) is 12.0 Å². The lowest BCUT2D eigenvalue weighted by Crippen LogP contribution is -2.40. The molecule has 1 aliphatic rings. The van der Waals surface area contributed by atoms with Crippen LogP contribution in [0, 0.1) is 5.92 Å². The number of benzene rings is 1. The predicted molar refractivity (Wildman–Crippen MR) is 95.2 cm³/mol. The maximum absolute atomic E-state index is 11.9.